The summed E-state index contributed by atoms with van der Waals surface area (Å²) < 4.78 is 0. The van der Waals surface area contributed by atoms with Crippen LogP contribution in [-0.4, -0.2) is 24.6 Å². The number of carbonyl (C=O) groups excluding carboxylic acids is 1. The number of aliphatic carboxylic acids is 1. The summed E-state index contributed by atoms with van der Waals surface area (Å²) in [4.78, 5) is 16.0. The zero-order valence-electron chi connectivity index (χ0n) is 11.1. The molecule has 0 saturated carbocycles. The van der Waals surface area contributed by atoms with Gasteiger partial charge >= 0.3 is 29.6 Å². The Morgan fingerprint density at radius 2 is 2.11 bits per heavy atom. The van der Waals surface area contributed by atoms with E-state index in [0.29, 0.717) is 19.6 Å². The predicted molar refractivity (Wildman–Crippen MR) is 64.2 cm³/mol. The van der Waals surface area contributed by atoms with Gasteiger partial charge in [-0.05, 0) is 18.4 Å². The van der Waals surface area contributed by atoms with Crippen molar-refractivity contribution in [1.29, 1.82) is 0 Å². The molecule has 19 heavy (non-hydrogen) atoms. The first kappa shape index (κ1) is 16.6. The number of hydrogen-bond donors (Lipinski definition) is 2. The summed E-state index contributed by atoms with van der Waals surface area (Å²) in [6, 6.07) is 9.49. The fourth-order valence-corrected chi connectivity index (χ4v) is 1.98. The van der Waals surface area contributed by atoms with Gasteiger partial charge in [0.15, 0.2) is 0 Å². The molecule has 1 aliphatic rings. The Kier molecular flexibility index (Phi) is 7.60. The van der Waals surface area contributed by atoms with E-state index >= 15 is 0 Å². The minimum absolute atomic E-state index is 0. The fourth-order valence-electron chi connectivity index (χ4n) is 1.98. The molecule has 0 spiro atoms. The average Bonchev–Trinajstić information content (AvgIpc) is 2.40. The van der Waals surface area contributed by atoms with Gasteiger partial charge in [-0.2, -0.15) is 5.48 Å². The van der Waals surface area contributed by atoms with Gasteiger partial charge < -0.3 is 15.2 Å². The van der Waals surface area contributed by atoms with Gasteiger partial charge in [-0.15, -0.1) is 0 Å². The van der Waals surface area contributed by atoms with Crippen LogP contribution in [0.15, 0.2) is 30.3 Å². The minimum Gasteiger partial charge on any atom is -0.548 e. The third kappa shape index (κ3) is 5.60. The van der Waals surface area contributed by atoms with Crippen molar-refractivity contribution in [3.8, 4) is 0 Å². The van der Waals surface area contributed by atoms with Crippen LogP contribution in [0.3, 0.4) is 0 Å². The summed E-state index contributed by atoms with van der Waals surface area (Å²) in [5.41, 5.74) is 4.05. The van der Waals surface area contributed by atoms with E-state index in [9.17, 15) is 9.90 Å². The van der Waals surface area contributed by atoms with Crippen molar-refractivity contribution in [3.63, 3.8) is 0 Å². The van der Waals surface area contributed by atoms with Crippen molar-refractivity contribution in [3.05, 3.63) is 35.9 Å². The van der Waals surface area contributed by atoms with Crippen LogP contribution in [0, 0.1) is 0 Å². The SMILES string of the molecule is O=C([O-])[C@@H]1CC[C@@H](NOCc2ccccc2)CN1.[Na+]. The third-order valence-corrected chi connectivity index (χ3v) is 3.03. The molecule has 98 valence electrons. The van der Waals surface area contributed by atoms with Gasteiger partial charge in [-0.25, -0.2) is 0 Å². The van der Waals surface area contributed by atoms with Gasteiger partial charge in [0.05, 0.1) is 12.6 Å². The van der Waals surface area contributed by atoms with Crippen molar-refractivity contribution >= 4 is 5.97 Å². The van der Waals surface area contributed by atoms with Gasteiger partial charge in [0.1, 0.15) is 0 Å². The Hall–Kier alpha value is -0.430. The maximum absolute atomic E-state index is 10.6. The molecule has 1 saturated heterocycles. The Labute approximate surface area is 135 Å². The second-order valence-corrected chi connectivity index (χ2v) is 4.45. The molecule has 2 rings (SSSR count). The molecule has 1 heterocycles. The Morgan fingerprint density at radius 3 is 2.68 bits per heavy atom. The molecular weight excluding hydrogens is 255 g/mol. The maximum atomic E-state index is 10.6. The molecular formula is C13H17N2NaO3. The van der Waals surface area contributed by atoms with E-state index in [-0.39, 0.29) is 35.6 Å². The number of benzene rings is 1. The first-order valence-electron chi connectivity index (χ1n) is 6.11. The van der Waals surface area contributed by atoms with Crippen LogP contribution in [0.1, 0.15) is 18.4 Å². The number of carboxylic acids is 1. The second kappa shape index (κ2) is 8.68. The molecule has 0 amide bonds. The van der Waals surface area contributed by atoms with Crippen LogP contribution in [-0.2, 0) is 16.2 Å². The van der Waals surface area contributed by atoms with Crippen molar-refractivity contribution in [2.45, 2.75) is 31.5 Å². The first-order chi connectivity index (χ1) is 8.75. The van der Waals surface area contributed by atoms with Crippen molar-refractivity contribution in [1.82, 2.24) is 10.8 Å². The van der Waals surface area contributed by atoms with Crippen LogP contribution in [0.5, 0.6) is 0 Å². The quantitative estimate of drug-likeness (QED) is 0.431. The number of piperidine rings is 1. The minimum atomic E-state index is -1.03. The van der Waals surface area contributed by atoms with Crippen molar-refractivity contribution < 1.29 is 44.3 Å². The number of hydroxylamine groups is 1. The molecule has 1 fully saturated rings. The normalized spacial score (nSPS) is 22.5. The molecule has 0 aliphatic carbocycles. The second-order valence-electron chi connectivity index (χ2n) is 4.45. The van der Waals surface area contributed by atoms with Crippen LogP contribution in [0.4, 0.5) is 0 Å². The summed E-state index contributed by atoms with van der Waals surface area (Å²) in [5, 5.41) is 13.5. The van der Waals surface area contributed by atoms with Crippen molar-refractivity contribution in [2.75, 3.05) is 6.54 Å². The Bertz CT molecular complexity index is 381. The van der Waals surface area contributed by atoms with Gasteiger partial charge in [0.2, 0.25) is 0 Å². The summed E-state index contributed by atoms with van der Waals surface area (Å²) in [5.74, 6) is -1.03. The third-order valence-electron chi connectivity index (χ3n) is 3.03. The monoisotopic (exact) mass is 272 g/mol. The standard InChI is InChI=1S/C13H18N2O3.Na/c16-13(17)12-7-6-11(8-14-12)15-18-9-10-4-2-1-3-5-10;/h1-5,11-12,14-15H,6-9H2,(H,16,17);/q;+1/p-1/t11-,12+;/m1./s1. The Morgan fingerprint density at radius 1 is 1.37 bits per heavy atom. The summed E-state index contributed by atoms with van der Waals surface area (Å²) in [6.07, 6.45) is 1.33. The van der Waals surface area contributed by atoms with Gasteiger partial charge in [-0.3, -0.25) is 4.84 Å². The first-order valence-corrected chi connectivity index (χ1v) is 6.11. The van der Waals surface area contributed by atoms with E-state index < -0.39 is 12.0 Å². The number of carbonyl (C=O) groups is 1. The topological polar surface area (TPSA) is 73.4 Å². The maximum Gasteiger partial charge on any atom is 1.00 e. The number of carboxylic acid groups (broad SMARTS) is 1. The van der Waals surface area contributed by atoms with Gasteiger partial charge in [0, 0.05) is 18.6 Å². The van der Waals surface area contributed by atoms with Crippen molar-refractivity contribution in [2.24, 2.45) is 0 Å². The molecule has 1 aliphatic heterocycles. The molecule has 1 aromatic rings. The zero-order valence-corrected chi connectivity index (χ0v) is 13.1. The molecule has 0 bridgehead atoms. The van der Waals surface area contributed by atoms with E-state index in [1.165, 1.54) is 0 Å². The van der Waals surface area contributed by atoms with Crippen LogP contribution in [0.25, 0.3) is 0 Å². The molecule has 0 radical (unpaired) electrons. The number of hydrogen-bond acceptors (Lipinski definition) is 5. The summed E-state index contributed by atoms with van der Waals surface area (Å²) in [6.45, 7) is 1.08. The zero-order chi connectivity index (χ0) is 12.8. The predicted octanol–water partition coefficient (Wildman–Crippen LogP) is -3.42. The molecule has 6 heteroatoms. The summed E-state index contributed by atoms with van der Waals surface area (Å²) in [7, 11) is 0. The van der Waals surface area contributed by atoms with E-state index in [0.717, 1.165) is 12.0 Å². The molecule has 1 aromatic carbocycles. The van der Waals surface area contributed by atoms with E-state index in [4.69, 9.17) is 4.84 Å². The van der Waals surface area contributed by atoms with Gasteiger partial charge in [0.25, 0.3) is 0 Å². The molecule has 2 atom stereocenters. The largest absolute Gasteiger partial charge is 1.00 e. The van der Waals surface area contributed by atoms with E-state index in [1.54, 1.807) is 0 Å². The molecule has 5 nitrogen and oxygen atoms in total. The number of rotatable bonds is 5. The molecule has 0 unspecified atom stereocenters. The van der Waals surface area contributed by atoms with Crippen LogP contribution in [0.2, 0.25) is 0 Å². The Balaban J connectivity index is 0.00000180. The molecule has 0 aromatic heterocycles. The summed E-state index contributed by atoms with van der Waals surface area (Å²) >= 11 is 0. The van der Waals surface area contributed by atoms with Gasteiger partial charge in [-0.1, -0.05) is 30.3 Å². The van der Waals surface area contributed by atoms with Crippen LogP contribution < -0.4 is 45.5 Å². The molecule has 2 N–H and O–H groups in total. The smallest absolute Gasteiger partial charge is 0.548 e. The van der Waals surface area contributed by atoms with E-state index in [1.807, 2.05) is 30.3 Å². The van der Waals surface area contributed by atoms with E-state index in [2.05, 4.69) is 10.8 Å². The fraction of sp³-hybridized carbons (Fsp3) is 0.462. The van der Waals surface area contributed by atoms with Crippen LogP contribution >= 0.6 is 0 Å². The average molecular weight is 272 g/mol. The number of nitrogens with one attached hydrogen (secondary N) is 2.